The molecule has 0 unspecified atom stereocenters. The molecule has 2 heterocycles. The van der Waals surface area contributed by atoms with Crippen molar-refractivity contribution in [2.24, 2.45) is 7.05 Å². The van der Waals surface area contributed by atoms with E-state index < -0.39 is 0 Å². The lowest BCUT2D eigenvalue weighted by Crippen LogP contribution is -2.43. The molecule has 4 nitrogen and oxygen atoms in total. The van der Waals surface area contributed by atoms with Crippen molar-refractivity contribution in [2.75, 3.05) is 31.1 Å². The second-order valence-corrected chi connectivity index (χ2v) is 5.59. The maximum Gasteiger partial charge on any atom is 0.112 e. The van der Waals surface area contributed by atoms with Gasteiger partial charge in [-0.15, -0.1) is 0 Å². The topological polar surface area (TPSA) is 33.1 Å². The summed E-state index contributed by atoms with van der Waals surface area (Å²) in [6.45, 7) is 8.69. The first-order valence-electron chi connectivity index (χ1n) is 7.09. The maximum atomic E-state index is 4.73. The first-order chi connectivity index (χ1) is 9.16. The molecular formula is C15H22N4. The number of rotatable bonds is 2. The number of aromatic nitrogens is 2. The first-order valence-corrected chi connectivity index (χ1v) is 7.09. The van der Waals surface area contributed by atoms with E-state index in [0.717, 1.165) is 37.5 Å². The van der Waals surface area contributed by atoms with E-state index in [1.165, 1.54) is 11.2 Å². The summed E-state index contributed by atoms with van der Waals surface area (Å²) in [6.07, 6.45) is 0. The monoisotopic (exact) mass is 258 g/mol. The molecular weight excluding hydrogens is 236 g/mol. The second kappa shape index (κ2) is 4.85. The quantitative estimate of drug-likeness (QED) is 0.895. The molecule has 1 saturated heterocycles. The Bertz CT molecular complexity index is 579. The van der Waals surface area contributed by atoms with Crippen molar-refractivity contribution in [1.82, 2.24) is 14.9 Å². The molecule has 0 bridgehead atoms. The summed E-state index contributed by atoms with van der Waals surface area (Å²) in [7, 11) is 2.12. The van der Waals surface area contributed by atoms with Gasteiger partial charge in [-0.05, 0) is 18.2 Å². The lowest BCUT2D eigenvalue weighted by atomic mass is 10.2. The van der Waals surface area contributed by atoms with Crippen molar-refractivity contribution in [1.29, 1.82) is 0 Å². The second-order valence-electron chi connectivity index (χ2n) is 5.59. The Hall–Kier alpha value is -1.55. The van der Waals surface area contributed by atoms with Gasteiger partial charge >= 0.3 is 0 Å². The number of nitrogens with zero attached hydrogens (tertiary/aromatic N) is 3. The molecule has 0 saturated carbocycles. The zero-order chi connectivity index (χ0) is 13.4. The lowest BCUT2D eigenvalue weighted by Gasteiger charge is -2.29. The molecule has 0 spiro atoms. The number of nitrogens with one attached hydrogen (secondary N) is 1. The van der Waals surface area contributed by atoms with Gasteiger partial charge < -0.3 is 14.8 Å². The van der Waals surface area contributed by atoms with E-state index in [9.17, 15) is 0 Å². The number of piperazine rings is 1. The summed E-state index contributed by atoms with van der Waals surface area (Å²) in [6, 6.07) is 6.63. The summed E-state index contributed by atoms with van der Waals surface area (Å²) in [5.74, 6) is 1.62. The molecule has 1 aromatic heterocycles. The van der Waals surface area contributed by atoms with Crippen molar-refractivity contribution in [3.63, 3.8) is 0 Å². The molecule has 0 aliphatic carbocycles. The van der Waals surface area contributed by atoms with Crippen LogP contribution in [0.1, 0.15) is 25.6 Å². The van der Waals surface area contributed by atoms with Crippen LogP contribution in [-0.4, -0.2) is 35.7 Å². The highest BCUT2D eigenvalue weighted by molar-refractivity contribution is 5.80. The highest BCUT2D eigenvalue weighted by atomic mass is 15.2. The van der Waals surface area contributed by atoms with Crippen molar-refractivity contribution >= 4 is 16.7 Å². The van der Waals surface area contributed by atoms with Crippen LogP contribution in [-0.2, 0) is 7.05 Å². The summed E-state index contributed by atoms with van der Waals surface area (Å²) in [5, 5.41) is 3.39. The number of aryl methyl sites for hydroxylation is 1. The van der Waals surface area contributed by atoms with E-state index >= 15 is 0 Å². The summed E-state index contributed by atoms with van der Waals surface area (Å²) in [5.41, 5.74) is 3.65. The summed E-state index contributed by atoms with van der Waals surface area (Å²) < 4.78 is 2.23. The van der Waals surface area contributed by atoms with Gasteiger partial charge in [0.05, 0.1) is 11.0 Å². The Labute approximate surface area is 114 Å². The van der Waals surface area contributed by atoms with Gasteiger partial charge in [0.2, 0.25) is 0 Å². The van der Waals surface area contributed by atoms with Crippen LogP contribution in [0.5, 0.6) is 0 Å². The zero-order valence-electron chi connectivity index (χ0n) is 12.0. The molecule has 1 aliphatic rings. The minimum atomic E-state index is 0.458. The van der Waals surface area contributed by atoms with Crippen molar-refractivity contribution in [2.45, 2.75) is 19.8 Å². The van der Waals surface area contributed by atoms with Crippen LogP contribution >= 0.6 is 0 Å². The third-order valence-corrected chi connectivity index (χ3v) is 3.90. The van der Waals surface area contributed by atoms with E-state index in [2.05, 4.69) is 53.9 Å². The van der Waals surface area contributed by atoms with E-state index in [1.807, 2.05) is 0 Å². The van der Waals surface area contributed by atoms with Crippen LogP contribution in [0.15, 0.2) is 18.2 Å². The minimum absolute atomic E-state index is 0.458. The lowest BCUT2D eigenvalue weighted by molar-refractivity contribution is 0.589. The number of hydrogen-bond acceptors (Lipinski definition) is 3. The zero-order valence-corrected chi connectivity index (χ0v) is 12.0. The van der Waals surface area contributed by atoms with Gasteiger partial charge in [0.1, 0.15) is 5.82 Å². The highest BCUT2D eigenvalue weighted by Crippen LogP contribution is 2.25. The van der Waals surface area contributed by atoms with E-state index in [1.54, 1.807) is 0 Å². The molecule has 19 heavy (non-hydrogen) atoms. The summed E-state index contributed by atoms with van der Waals surface area (Å²) >= 11 is 0. The highest BCUT2D eigenvalue weighted by Gasteiger charge is 2.14. The molecule has 2 aromatic rings. The number of benzene rings is 1. The molecule has 1 N–H and O–H groups in total. The molecule has 0 atom stereocenters. The fourth-order valence-electron chi connectivity index (χ4n) is 2.83. The maximum absolute atomic E-state index is 4.73. The van der Waals surface area contributed by atoms with Crippen molar-refractivity contribution in [3.05, 3.63) is 24.0 Å². The van der Waals surface area contributed by atoms with E-state index in [4.69, 9.17) is 4.98 Å². The smallest absolute Gasteiger partial charge is 0.112 e. The van der Waals surface area contributed by atoms with Gasteiger partial charge in [0, 0.05) is 44.8 Å². The number of hydrogen-bond donors (Lipinski definition) is 1. The van der Waals surface area contributed by atoms with Crippen LogP contribution in [0.2, 0.25) is 0 Å². The number of anilines is 1. The van der Waals surface area contributed by atoms with Gasteiger partial charge in [-0.2, -0.15) is 0 Å². The first kappa shape index (κ1) is 12.5. The predicted octanol–water partition coefficient (Wildman–Crippen LogP) is 2.11. The predicted molar refractivity (Wildman–Crippen MR) is 79.9 cm³/mol. The molecule has 3 rings (SSSR count). The largest absolute Gasteiger partial charge is 0.369 e. The van der Waals surface area contributed by atoms with Gasteiger partial charge in [-0.25, -0.2) is 4.98 Å². The summed E-state index contributed by atoms with van der Waals surface area (Å²) in [4.78, 5) is 7.17. The molecule has 102 valence electrons. The van der Waals surface area contributed by atoms with Crippen LogP contribution in [0.25, 0.3) is 11.0 Å². The Balaban J connectivity index is 2.02. The van der Waals surface area contributed by atoms with E-state index in [-0.39, 0.29) is 0 Å². The normalized spacial score (nSPS) is 16.5. The molecule has 4 heteroatoms. The Morgan fingerprint density at radius 3 is 2.63 bits per heavy atom. The molecule has 1 aromatic carbocycles. The van der Waals surface area contributed by atoms with Crippen molar-refractivity contribution < 1.29 is 0 Å². The Kier molecular flexibility index (Phi) is 3.19. The van der Waals surface area contributed by atoms with Crippen LogP contribution in [0, 0.1) is 0 Å². The number of fused-ring (bicyclic) bond motifs is 1. The third kappa shape index (κ3) is 2.21. The van der Waals surface area contributed by atoms with Gasteiger partial charge in [0.15, 0.2) is 0 Å². The fourth-order valence-corrected chi connectivity index (χ4v) is 2.83. The molecule has 1 aliphatic heterocycles. The fraction of sp³-hybridized carbons (Fsp3) is 0.533. The Morgan fingerprint density at radius 2 is 1.95 bits per heavy atom. The molecule has 0 radical (unpaired) electrons. The third-order valence-electron chi connectivity index (χ3n) is 3.90. The van der Waals surface area contributed by atoms with Crippen molar-refractivity contribution in [3.8, 4) is 0 Å². The van der Waals surface area contributed by atoms with E-state index in [0.29, 0.717) is 5.92 Å². The van der Waals surface area contributed by atoms with Crippen LogP contribution in [0.3, 0.4) is 0 Å². The molecule has 1 fully saturated rings. The molecule has 0 amide bonds. The SMILES string of the molecule is CC(C)c1nc2ccc(N3CCNCC3)cc2n1C. The minimum Gasteiger partial charge on any atom is -0.369 e. The van der Waals surface area contributed by atoms with Gasteiger partial charge in [-0.1, -0.05) is 13.8 Å². The average molecular weight is 258 g/mol. The van der Waals surface area contributed by atoms with Gasteiger partial charge in [-0.3, -0.25) is 0 Å². The van der Waals surface area contributed by atoms with Crippen LogP contribution in [0.4, 0.5) is 5.69 Å². The average Bonchev–Trinajstić information content (AvgIpc) is 2.77. The Morgan fingerprint density at radius 1 is 1.21 bits per heavy atom. The standard InChI is InChI=1S/C15H22N4/c1-11(2)15-17-13-5-4-12(10-14(13)18(15)3)19-8-6-16-7-9-19/h4-5,10-11,16H,6-9H2,1-3H3. The van der Waals surface area contributed by atoms with Crippen LogP contribution < -0.4 is 10.2 Å². The van der Waals surface area contributed by atoms with Gasteiger partial charge in [0.25, 0.3) is 0 Å². The number of imidazole rings is 1.